The predicted molar refractivity (Wildman–Crippen MR) is 165 cm³/mol. The van der Waals surface area contributed by atoms with Gasteiger partial charge in [-0.2, -0.15) is 0 Å². The van der Waals surface area contributed by atoms with E-state index >= 15 is 0 Å². The van der Waals surface area contributed by atoms with E-state index in [1.807, 2.05) is 0 Å². The minimum atomic E-state index is 1.17. The van der Waals surface area contributed by atoms with Crippen LogP contribution in [0.4, 0.5) is 17.1 Å². The van der Waals surface area contributed by atoms with E-state index in [2.05, 4.69) is 97.6 Å². The van der Waals surface area contributed by atoms with E-state index in [0.29, 0.717) is 0 Å². The molecule has 0 saturated carbocycles. The van der Waals surface area contributed by atoms with Crippen molar-refractivity contribution in [2.24, 2.45) is 0 Å². The Morgan fingerprint density at radius 1 is 0.432 bits per heavy atom. The molecule has 0 aliphatic rings. The summed E-state index contributed by atoms with van der Waals surface area (Å²) in [5.74, 6) is 0. The number of nitrogens with zero attached hydrogens (tertiary/aromatic N) is 1. The Bertz CT molecular complexity index is 923. The number of hydrogen-bond acceptors (Lipinski definition) is 1. The summed E-state index contributed by atoms with van der Waals surface area (Å²) in [6.07, 6.45) is 21.4. The Hall–Kier alpha value is -2.54. The van der Waals surface area contributed by atoms with Crippen molar-refractivity contribution in [3.05, 3.63) is 90.0 Å². The minimum absolute atomic E-state index is 1.17. The predicted octanol–water partition coefficient (Wildman–Crippen LogP) is 11.7. The summed E-state index contributed by atoms with van der Waals surface area (Å²) in [6, 6.07) is 28.9. The van der Waals surface area contributed by atoms with E-state index in [1.165, 1.54) is 120 Å². The number of anilines is 3. The molecule has 3 aromatic carbocycles. The van der Waals surface area contributed by atoms with Crippen LogP contribution in [-0.4, -0.2) is 0 Å². The van der Waals surface area contributed by atoms with Crippen molar-refractivity contribution in [3.8, 4) is 0 Å². The Labute approximate surface area is 228 Å². The van der Waals surface area contributed by atoms with Gasteiger partial charge in [0.2, 0.25) is 0 Å². The van der Waals surface area contributed by atoms with Crippen LogP contribution in [0, 0.1) is 0 Å². The van der Waals surface area contributed by atoms with Gasteiger partial charge < -0.3 is 4.90 Å². The van der Waals surface area contributed by atoms with E-state index in [-0.39, 0.29) is 0 Å². The highest BCUT2D eigenvalue weighted by molar-refractivity contribution is 5.79. The second-order valence-corrected chi connectivity index (χ2v) is 10.7. The van der Waals surface area contributed by atoms with Crippen LogP contribution in [0.1, 0.15) is 115 Å². The molecule has 0 aromatic heterocycles. The average molecular weight is 498 g/mol. The summed E-state index contributed by atoms with van der Waals surface area (Å²) < 4.78 is 0. The Morgan fingerprint density at radius 2 is 0.892 bits per heavy atom. The van der Waals surface area contributed by atoms with Crippen molar-refractivity contribution >= 4 is 17.1 Å². The molecule has 0 N–H and O–H groups in total. The molecule has 1 heteroatoms. The second-order valence-electron chi connectivity index (χ2n) is 10.7. The fourth-order valence-electron chi connectivity index (χ4n) is 5.47. The van der Waals surface area contributed by atoms with Crippen molar-refractivity contribution in [2.75, 3.05) is 4.90 Å². The topological polar surface area (TPSA) is 3.24 Å². The molecule has 0 radical (unpaired) electrons. The number of benzene rings is 3. The highest BCUT2D eigenvalue weighted by Gasteiger charge is 2.18. The third-order valence-corrected chi connectivity index (χ3v) is 7.60. The van der Waals surface area contributed by atoms with Gasteiger partial charge in [0.25, 0.3) is 0 Å². The van der Waals surface area contributed by atoms with Crippen molar-refractivity contribution < 1.29 is 0 Å². The Kier molecular flexibility index (Phi) is 14.0. The molecule has 0 aliphatic carbocycles. The van der Waals surface area contributed by atoms with Crippen molar-refractivity contribution in [1.82, 2.24) is 0 Å². The standard InChI is InChI=1S/C36H51N/c1-3-5-7-9-11-13-17-24-32-25-23-31-36(35(32)30-22-14-12-10-8-6-4-2)37(33-26-18-15-19-27-33)34-28-20-16-21-29-34/h15-16,18-21,23,25-29,31H,3-14,17,22,24,30H2,1-2H3. The smallest absolute Gasteiger partial charge is 0.0496 e. The SMILES string of the molecule is CCCCCCCCCc1cccc(N(c2ccccc2)c2ccccc2)c1CCCCCCCCC. The zero-order chi connectivity index (χ0) is 26.0. The lowest BCUT2D eigenvalue weighted by Crippen LogP contribution is -2.13. The molecule has 1 nitrogen and oxygen atoms in total. The molecule has 0 amide bonds. The maximum Gasteiger partial charge on any atom is 0.0496 e. The summed E-state index contributed by atoms with van der Waals surface area (Å²) in [4.78, 5) is 2.48. The third kappa shape index (κ3) is 10.0. The van der Waals surface area contributed by atoms with E-state index in [0.717, 1.165) is 0 Å². The fourth-order valence-corrected chi connectivity index (χ4v) is 5.47. The van der Waals surface area contributed by atoms with Gasteiger partial charge in [-0.1, -0.05) is 139 Å². The van der Waals surface area contributed by atoms with Crippen LogP contribution in [0.25, 0.3) is 0 Å². The molecular formula is C36H51N. The molecule has 0 spiro atoms. The van der Waals surface area contributed by atoms with Crippen molar-refractivity contribution in [2.45, 2.75) is 117 Å². The van der Waals surface area contributed by atoms with Crippen LogP contribution in [0.15, 0.2) is 78.9 Å². The van der Waals surface area contributed by atoms with Crippen LogP contribution in [0.3, 0.4) is 0 Å². The molecule has 0 fully saturated rings. The lowest BCUT2D eigenvalue weighted by Gasteiger charge is -2.29. The number of hydrogen-bond donors (Lipinski definition) is 0. The third-order valence-electron chi connectivity index (χ3n) is 7.60. The monoisotopic (exact) mass is 497 g/mol. The molecule has 0 bridgehead atoms. The van der Waals surface area contributed by atoms with Crippen molar-refractivity contribution in [3.63, 3.8) is 0 Å². The van der Waals surface area contributed by atoms with Crippen molar-refractivity contribution in [1.29, 1.82) is 0 Å². The first kappa shape index (κ1) is 29.0. The van der Waals surface area contributed by atoms with Gasteiger partial charge in [-0.25, -0.2) is 0 Å². The molecule has 3 rings (SSSR count). The van der Waals surface area contributed by atoms with Gasteiger partial charge in [0.05, 0.1) is 0 Å². The first-order valence-corrected chi connectivity index (χ1v) is 15.4. The van der Waals surface area contributed by atoms with Gasteiger partial charge in [0.15, 0.2) is 0 Å². The fraction of sp³-hybridized carbons (Fsp3) is 0.500. The molecule has 3 aromatic rings. The van der Waals surface area contributed by atoms with Gasteiger partial charge >= 0.3 is 0 Å². The van der Waals surface area contributed by atoms with Crippen LogP contribution >= 0.6 is 0 Å². The normalized spacial score (nSPS) is 11.1. The first-order chi connectivity index (χ1) is 18.3. The van der Waals surface area contributed by atoms with E-state index in [4.69, 9.17) is 0 Å². The average Bonchev–Trinajstić information content (AvgIpc) is 2.94. The lowest BCUT2D eigenvalue weighted by molar-refractivity contribution is 0.583. The summed E-state index contributed by atoms with van der Waals surface area (Å²) in [6.45, 7) is 4.60. The number of rotatable bonds is 19. The highest BCUT2D eigenvalue weighted by atomic mass is 15.1. The van der Waals surface area contributed by atoms with Gasteiger partial charge in [-0.3, -0.25) is 0 Å². The van der Waals surface area contributed by atoms with Crippen LogP contribution in [-0.2, 0) is 12.8 Å². The number of unbranched alkanes of at least 4 members (excludes halogenated alkanes) is 12. The Balaban J connectivity index is 1.80. The first-order valence-electron chi connectivity index (χ1n) is 15.4. The summed E-state index contributed by atoms with van der Waals surface area (Å²) in [7, 11) is 0. The van der Waals surface area contributed by atoms with Crippen LogP contribution in [0.2, 0.25) is 0 Å². The molecule has 0 atom stereocenters. The molecule has 0 aliphatic heterocycles. The van der Waals surface area contributed by atoms with E-state index in [1.54, 1.807) is 11.1 Å². The van der Waals surface area contributed by atoms with Gasteiger partial charge in [-0.05, 0) is 67.1 Å². The quantitative estimate of drug-likeness (QED) is 0.149. The molecule has 0 unspecified atom stereocenters. The lowest BCUT2D eigenvalue weighted by atomic mass is 9.93. The van der Waals surface area contributed by atoms with Gasteiger partial charge in [0, 0.05) is 17.1 Å². The van der Waals surface area contributed by atoms with Crippen LogP contribution < -0.4 is 4.90 Å². The maximum absolute atomic E-state index is 2.48. The van der Waals surface area contributed by atoms with Crippen LogP contribution in [0.5, 0.6) is 0 Å². The molecular weight excluding hydrogens is 446 g/mol. The van der Waals surface area contributed by atoms with E-state index < -0.39 is 0 Å². The zero-order valence-corrected chi connectivity index (χ0v) is 23.8. The summed E-state index contributed by atoms with van der Waals surface area (Å²) in [5.41, 5.74) is 6.97. The minimum Gasteiger partial charge on any atom is -0.310 e. The largest absolute Gasteiger partial charge is 0.310 e. The summed E-state index contributed by atoms with van der Waals surface area (Å²) in [5, 5.41) is 0. The van der Waals surface area contributed by atoms with Gasteiger partial charge in [0.1, 0.15) is 0 Å². The maximum atomic E-state index is 2.48. The Morgan fingerprint density at radius 3 is 1.41 bits per heavy atom. The molecule has 0 heterocycles. The molecule has 37 heavy (non-hydrogen) atoms. The van der Waals surface area contributed by atoms with Gasteiger partial charge in [-0.15, -0.1) is 0 Å². The number of para-hydroxylation sites is 2. The zero-order valence-electron chi connectivity index (χ0n) is 23.8. The van der Waals surface area contributed by atoms with E-state index in [9.17, 15) is 0 Å². The number of aryl methyl sites for hydroxylation is 1. The molecule has 200 valence electrons. The second kappa shape index (κ2) is 17.8. The summed E-state index contributed by atoms with van der Waals surface area (Å²) >= 11 is 0. The highest BCUT2D eigenvalue weighted by Crippen LogP contribution is 2.38. The molecule has 0 saturated heterocycles.